The van der Waals surface area contributed by atoms with Gasteiger partial charge in [0.25, 0.3) is 11.8 Å². The average molecular weight is 478 g/mol. The normalized spacial score (nSPS) is 20.4. The molecule has 6 rings (SSSR count). The summed E-state index contributed by atoms with van der Waals surface area (Å²) in [5.41, 5.74) is 9.57. The fraction of sp³-hybridized carbons (Fsp3) is 0.222. The summed E-state index contributed by atoms with van der Waals surface area (Å²) in [6, 6.07) is 16.4. The van der Waals surface area contributed by atoms with Gasteiger partial charge in [-0.1, -0.05) is 30.3 Å². The zero-order valence-electron chi connectivity index (χ0n) is 19.3. The van der Waals surface area contributed by atoms with Crippen LogP contribution < -0.4 is 11.1 Å². The van der Waals surface area contributed by atoms with E-state index in [4.69, 9.17) is 17.3 Å². The van der Waals surface area contributed by atoms with Crippen molar-refractivity contribution in [3.63, 3.8) is 0 Å². The summed E-state index contributed by atoms with van der Waals surface area (Å²) >= 11 is 0. The molecule has 3 unspecified atom stereocenters. The highest BCUT2D eigenvalue weighted by atomic mass is 16.2. The van der Waals surface area contributed by atoms with Crippen LogP contribution >= 0.6 is 0 Å². The average Bonchev–Trinajstić information content (AvgIpc) is 3.62. The van der Waals surface area contributed by atoms with Crippen LogP contribution in [0.4, 0.5) is 11.5 Å². The van der Waals surface area contributed by atoms with Gasteiger partial charge in [0.2, 0.25) is 0 Å². The monoisotopic (exact) mass is 477 g/mol. The second-order valence-corrected chi connectivity index (χ2v) is 9.22. The number of nitrogens with one attached hydrogen (secondary N) is 1. The van der Waals surface area contributed by atoms with Crippen LogP contribution in [0, 0.1) is 18.3 Å². The lowest BCUT2D eigenvalue weighted by atomic mass is 10.1. The van der Waals surface area contributed by atoms with Crippen molar-refractivity contribution in [1.29, 1.82) is 0 Å². The molecule has 3 heterocycles. The van der Waals surface area contributed by atoms with Crippen molar-refractivity contribution in [2.45, 2.75) is 24.9 Å². The molecule has 3 N–H and O–H groups in total. The molecule has 0 radical (unpaired) electrons. The van der Waals surface area contributed by atoms with E-state index in [2.05, 4.69) is 21.2 Å². The van der Waals surface area contributed by atoms with Gasteiger partial charge in [-0.25, -0.2) is 14.6 Å². The number of aromatic nitrogens is 4. The lowest BCUT2D eigenvalue weighted by Gasteiger charge is -2.32. The molecule has 2 amide bonds. The SMILES string of the molecule is C#CC(=O)N1CC2CC1C(n1nc(-c3ccc(C(=O)Nc4ccccc4)cc3)c3c(N)ncnc31)C2. The fourth-order valence-electron chi connectivity index (χ4n) is 5.50. The predicted molar refractivity (Wildman–Crippen MR) is 136 cm³/mol. The molecule has 178 valence electrons. The third-order valence-electron chi connectivity index (χ3n) is 7.12. The first kappa shape index (κ1) is 21.8. The van der Waals surface area contributed by atoms with Gasteiger partial charge in [-0.2, -0.15) is 5.10 Å². The molecule has 36 heavy (non-hydrogen) atoms. The second kappa shape index (κ2) is 8.50. The minimum Gasteiger partial charge on any atom is -0.383 e. The van der Waals surface area contributed by atoms with Crippen molar-refractivity contribution >= 4 is 34.4 Å². The molecule has 0 spiro atoms. The van der Waals surface area contributed by atoms with Gasteiger partial charge in [-0.05, 0) is 48.9 Å². The van der Waals surface area contributed by atoms with Gasteiger partial charge in [-0.15, -0.1) is 6.42 Å². The Balaban J connectivity index is 1.35. The Bertz CT molecular complexity index is 1520. The zero-order chi connectivity index (χ0) is 24.8. The van der Waals surface area contributed by atoms with Gasteiger partial charge in [-0.3, -0.25) is 9.59 Å². The van der Waals surface area contributed by atoms with E-state index in [0.29, 0.717) is 40.6 Å². The molecule has 1 aliphatic carbocycles. The van der Waals surface area contributed by atoms with Gasteiger partial charge in [0, 0.05) is 23.4 Å². The molecule has 9 nitrogen and oxygen atoms in total. The maximum absolute atomic E-state index is 12.7. The molecule has 2 aliphatic rings. The van der Waals surface area contributed by atoms with E-state index in [9.17, 15) is 9.59 Å². The number of nitrogens with zero attached hydrogens (tertiary/aromatic N) is 5. The Morgan fingerprint density at radius 2 is 1.78 bits per heavy atom. The van der Waals surface area contributed by atoms with Crippen molar-refractivity contribution in [1.82, 2.24) is 24.6 Å². The van der Waals surface area contributed by atoms with E-state index >= 15 is 0 Å². The highest BCUT2D eigenvalue weighted by Gasteiger charge is 2.48. The minimum atomic E-state index is -0.289. The predicted octanol–water partition coefficient (Wildman–Crippen LogP) is 3.12. The van der Waals surface area contributed by atoms with Crippen LogP contribution in [0.1, 0.15) is 29.2 Å². The van der Waals surface area contributed by atoms with Crippen molar-refractivity contribution in [2.75, 3.05) is 17.6 Å². The molecule has 3 atom stereocenters. The number of carbonyl (C=O) groups is 2. The Labute approximate surface area is 207 Å². The van der Waals surface area contributed by atoms with Crippen LogP contribution in [0.2, 0.25) is 0 Å². The van der Waals surface area contributed by atoms with Gasteiger partial charge in [0.1, 0.15) is 17.8 Å². The number of hydrogen-bond donors (Lipinski definition) is 2. The number of benzene rings is 2. The van der Waals surface area contributed by atoms with Crippen molar-refractivity contribution in [2.24, 2.45) is 5.92 Å². The third-order valence-corrected chi connectivity index (χ3v) is 7.12. The molecule has 2 bridgehead atoms. The Kier molecular flexibility index (Phi) is 5.15. The van der Waals surface area contributed by atoms with E-state index in [1.165, 1.54) is 6.33 Å². The third kappa shape index (κ3) is 3.55. The van der Waals surface area contributed by atoms with Gasteiger partial charge < -0.3 is 16.0 Å². The van der Waals surface area contributed by atoms with Crippen molar-refractivity contribution in [3.8, 4) is 23.6 Å². The number of likely N-dealkylation sites (tertiary alicyclic amines) is 1. The lowest BCUT2D eigenvalue weighted by molar-refractivity contribution is -0.127. The maximum atomic E-state index is 12.7. The maximum Gasteiger partial charge on any atom is 0.298 e. The molecular weight excluding hydrogens is 454 g/mol. The number of piperidine rings is 1. The van der Waals surface area contributed by atoms with Crippen LogP contribution in [0.5, 0.6) is 0 Å². The van der Waals surface area contributed by atoms with Gasteiger partial charge in [0.15, 0.2) is 5.65 Å². The van der Waals surface area contributed by atoms with Crippen molar-refractivity contribution in [3.05, 3.63) is 66.5 Å². The van der Waals surface area contributed by atoms with E-state index in [0.717, 1.165) is 24.1 Å². The first-order chi connectivity index (χ1) is 17.5. The Hall–Kier alpha value is -4.71. The Morgan fingerprint density at radius 3 is 2.50 bits per heavy atom. The molecule has 2 aromatic carbocycles. The molecular formula is C27H23N7O2. The van der Waals surface area contributed by atoms with Gasteiger partial charge >= 0.3 is 0 Å². The van der Waals surface area contributed by atoms with Crippen molar-refractivity contribution < 1.29 is 9.59 Å². The summed E-state index contributed by atoms with van der Waals surface area (Å²) in [5, 5.41) is 8.46. The molecule has 4 aromatic rings. The Morgan fingerprint density at radius 1 is 1.03 bits per heavy atom. The van der Waals surface area contributed by atoms with Crippen LogP contribution in [-0.4, -0.2) is 49.0 Å². The number of carbonyl (C=O) groups excluding carboxylic acids is 2. The first-order valence-electron chi connectivity index (χ1n) is 11.8. The lowest BCUT2D eigenvalue weighted by Crippen LogP contribution is -2.42. The number of hydrogen-bond acceptors (Lipinski definition) is 6. The molecule has 2 fully saturated rings. The topological polar surface area (TPSA) is 119 Å². The number of fused-ring (bicyclic) bond motifs is 3. The summed E-state index contributed by atoms with van der Waals surface area (Å²) in [6.07, 6.45) is 8.61. The molecule has 2 aromatic heterocycles. The number of rotatable bonds is 4. The first-order valence-corrected chi connectivity index (χ1v) is 11.8. The summed E-state index contributed by atoms with van der Waals surface area (Å²) in [5.74, 6) is 2.46. The summed E-state index contributed by atoms with van der Waals surface area (Å²) in [7, 11) is 0. The van der Waals surface area contributed by atoms with E-state index in [1.54, 1.807) is 17.0 Å². The second-order valence-electron chi connectivity index (χ2n) is 9.22. The number of anilines is 2. The quantitative estimate of drug-likeness (QED) is 0.436. The standard InChI is InChI=1S/C27H23N7O2/c1-2-22(35)33-14-16-12-20(33)21(13-16)34-26-23(25(28)29-15-30-26)24(32-34)17-8-10-18(11-9-17)27(36)31-19-6-4-3-5-7-19/h1,3-11,15-16,20-21H,12-14H2,(H,31,36)(H2,28,29,30). The van der Waals surface area contributed by atoms with E-state index in [-0.39, 0.29) is 23.9 Å². The minimum absolute atomic E-state index is 0.0326. The summed E-state index contributed by atoms with van der Waals surface area (Å²) < 4.78 is 1.87. The van der Waals surface area contributed by atoms with Crippen LogP contribution in [0.15, 0.2) is 60.9 Å². The fourth-order valence-corrected chi connectivity index (χ4v) is 5.50. The number of amides is 2. The smallest absolute Gasteiger partial charge is 0.298 e. The van der Waals surface area contributed by atoms with E-state index in [1.807, 2.05) is 47.1 Å². The summed E-state index contributed by atoms with van der Waals surface area (Å²) in [6.45, 7) is 0.680. The van der Waals surface area contributed by atoms with Gasteiger partial charge in [0.05, 0.1) is 17.5 Å². The molecule has 1 saturated heterocycles. The molecule has 9 heteroatoms. The molecule has 1 aliphatic heterocycles. The number of nitrogen functional groups attached to an aromatic ring is 1. The van der Waals surface area contributed by atoms with Crippen LogP contribution in [0.25, 0.3) is 22.3 Å². The number of para-hydroxylation sites is 1. The molecule has 1 saturated carbocycles. The zero-order valence-corrected chi connectivity index (χ0v) is 19.3. The number of nitrogens with two attached hydrogens (primary N) is 1. The van der Waals surface area contributed by atoms with Crippen LogP contribution in [-0.2, 0) is 4.79 Å². The highest BCUT2D eigenvalue weighted by molar-refractivity contribution is 6.05. The highest BCUT2D eigenvalue weighted by Crippen LogP contribution is 2.46. The largest absolute Gasteiger partial charge is 0.383 e. The summed E-state index contributed by atoms with van der Waals surface area (Å²) in [4.78, 5) is 35.4. The number of terminal acetylenes is 1. The van der Waals surface area contributed by atoms with Crippen LogP contribution in [0.3, 0.4) is 0 Å². The van der Waals surface area contributed by atoms with E-state index < -0.39 is 0 Å².